The third-order valence-corrected chi connectivity index (χ3v) is 4.37. The number of pyridine rings is 1. The molecule has 0 fully saturated rings. The van der Waals surface area contributed by atoms with Crippen LogP contribution in [0.15, 0.2) is 60.8 Å². The molecule has 0 saturated heterocycles. The zero-order valence-corrected chi connectivity index (χ0v) is 15.6. The van der Waals surface area contributed by atoms with Crippen molar-refractivity contribution in [2.45, 2.75) is 13.5 Å². The number of H-pyrrole nitrogens is 1. The fraction of sp³-hybridized carbons (Fsp3) is 0.143. The first-order valence-electron chi connectivity index (χ1n) is 8.80. The summed E-state index contributed by atoms with van der Waals surface area (Å²) in [6.07, 6.45) is 1.67. The van der Waals surface area contributed by atoms with Gasteiger partial charge in [0.05, 0.1) is 13.3 Å². The molecule has 0 saturated carbocycles. The molecular weight excluding hydrogens is 354 g/mol. The van der Waals surface area contributed by atoms with Crippen molar-refractivity contribution in [3.05, 3.63) is 72.1 Å². The summed E-state index contributed by atoms with van der Waals surface area (Å²) < 4.78 is 11.2. The molecule has 1 N–H and O–H groups in total. The molecule has 28 heavy (non-hydrogen) atoms. The van der Waals surface area contributed by atoms with Crippen molar-refractivity contribution in [2.75, 3.05) is 7.11 Å². The first kappa shape index (κ1) is 17.7. The Kier molecular flexibility index (Phi) is 4.97. The molecule has 2 aromatic heterocycles. The molecule has 0 bridgehead atoms. The largest absolute Gasteiger partial charge is 0.491 e. The molecule has 0 radical (unpaired) electrons. The number of aromatic amines is 1. The van der Waals surface area contributed by atoms with Gasteiger partial charge in [0.1, 0.15) is 6.61 Å². The first-order chi connectivity index (χ1) is 13.7. The van der Waals surface area contributed by atoms with Crippen molar-refractivity contribution in [1.29, 1.82) is 0 Å². The molecule has 0 amide bonds. The van der Waals surface area contributed by atoms with Gasteiger partial charge in [0, 0.05) is 17.3 Å². The molecule has 7 nitrogen and oxygen atoms in total. The number of benzene rings is 2. The number of aromatic nitrogens is 5. The van der Waals surface area contributed by atoms with Gasteiger partial charge in [0.15, 0.2) is 17.3 Å². The summed E-state index contributed by atoms with van der Waals surface area (Å²) in [6.45, 7) is 2.36. The molecule has 0 unspecified atom stereocenters. The van der Waals surface area contributed by atoms with Crippen molar-refractivity contribution in [1.82, 2.24) is 25.6 Å². The fourth-order valence-electron chi connectivity index (χ4n) is 2.94. The minimum atomic E-state index is 0.438. The zero-order chi connectivity index (χ0) is 19.3. The maximum Gasteiger partial charge on any atom is 0.180 e. The second kappa shape index (κ2) is 7.87. The topological polar surface area (TPSA) is 85.8 Å². The average molecular weight is 373 g/mol. The van der Waals surface area contributed by atoms with Crippen molar-refractivity contribution < 1.29 is 9.47 Å². The Labute approximate surface area is 162 Å². The van der Waals surface area contributed by atoms with Crippen LogP contribution in [-0.4, -0.2) is 32.7 Å². The maximum absolute atomic E-state index is 5.93. The second-order valence-electron chi connectivity index (χ2n) is 6.26. The van der Waals surface area contributed by atoms with E-state index in [-0.39, 0.29) is 0 Å². The lowest BCUT2D eigenvalue weighted by Gasteiger charge is -2.12. The minimum absolute atomic E-state index is 0.438. The predicted molar refractivity (Wildman–Crippen MR) is 105 cm³/mol. The summed E-state index contributed by atoms with van der Waals surface area (Å²) in [7, 11) is 1.61. The molecule has 7 heteroatoms. The van der Waals surface area contributed by atoms with Crippen LogP contribution in [0.5, 0.6) is 11.5 Å². The highest BCUT2D eigenvalue weighted by molar-refractivity contribution is 5.80. The molecule has 2 aromatic carbocycles. The van der Waals surface area contributed by atoms with Gasteiger partial charge in [-0.25, -0.2) is 5.10 Å². The Morgan fingerprint density at radius 2 is 1.75 bits per heavy atom. The Bertz CT molecular complexity index is 1060. The summed E-state index contributed by atoms with van der Waals surface area (Å²) in [5, 5.41) is 14.2. The summed E-state index contributed by atoms with van der Waals surface area (Å²) in [5.41, 5.74) is 5.02. The van der Waals surface area contributed by atoms with E-state index < -0.39 is 0 Å². The van der Waals surface area contributed by atoms with Crippen molar-refractivity contribution in [2.24, 2.45) is 0 Å². The van der Waals surface area contributed by atoms with Crippen molar-refractivity contribution >= 4 is 0 Å². The van der Waals surface area contributed by atoms with Crippen LogP contribution in [0.1, 0.15) is 11.3 Å². The predicted octanol–water partition coefficient (Wildman–Crippen LogP) is 3.82. The van der Waals surface area contributed by atoms with Crippen LogP contribution in [0.4, 0.5) is 0 Å². The molecular formula is C21H19N5O2. The van der Waals surface area contributed by atoms with Crippen LogP contribution in [-0.2, 0) is 6.61 Å². The summed E-state index contributed by atoms with van der Waals surface area (Å²) >= 11 is 0. The van der Waals surface area contributed by atoms with E-state index in [1.807, 2.05) is 49.4 Å². The molecule has 0 aliphatic rings. The van der Waals surface area contributed by atoms with E-state index in [1.54, 1.807) is 13.3 Å². The SMILES string of the molecule is COc1cnc(C)cc1OCc1ccc(-c2ccccc2-c2nnn[nH]2)cc1. The lowest BCUT2D eigenvalue weighted by molar-refractivity contribution is 0.283. The quantitative estimate of drug-likeness (QED) is 0.553. The lowest BCUT2D eigenvalue weighted by Crippen LogP contribution is -1.99. The molecule has 0 spiro atoms. The number of nitrogens with zero attached hydrogens (tertiary/aromatic N) is 4. The van der Waals surface area contributed by atoms with Gasteiger partial charge in [-0.05, 0) is 34.0 Å². The number of hydrogen-bond acceptors (Lipinski definition) is 6. The van der Waals surface area contributed by atoms with E-state index in [1.165, 1.54) is 0 Å². The molecule has 0 aliphatic heterocycles. The number of hydrogen-bond donors (Lipinski definition) is 1. The first-order valence-corrected chi connectivity index (χ1v) is 8.80. The third-order valence-electron chi connectivity index (χ3n) is 4.37. The normalized spacial score (nSPS) is 10.6. The van der Waals surface area contributed by atoms with Gasteiger partial charge >= 0.3 is 0 Å². The van der Waals surface area contributed by atoms with Crippen LogP contribution < -0.4 is 9.47 Å². The molecule has 140 valence electrons. The van der Waals surface area contributed by atoms with Crippen LogP contribution in [0.25, 0.3) is 22.5 Å². The number of tetrazole rings is 1. The molecule has 4 rings (SSSR count). The number of ether oxygens (including phenoxy) is 2. The number of rotatable bonds is 6. The second-order valence-corrected chi connectivity index (χ2v) is 6.26. The van der Waals surface area contributed by atoms with Crippen LogP contribution in [0.2, 0.25) is 0 Å². The Morgan fingerprint density at radius 1 is 0.964 bits per heavy atom. The molecule has 4 aromatic rings. The van der Waals surface area contributed by atoms with E-state index >= 15 is 0 Å². The zero-order valence-electron chi connectivity index (χ0n) is 15.6. The van der Waals surface area contributed by atoms with Gasteiger partial charge in [-0.3, -0.25) is 4.98 Å². The van der Waals surface area contributed by atoms with Crippen molar-refractivity contribution in [3.63, 3.8) is 0 Å². The molecule has 2 heterocycles. The minimum Gasteiger partial charge on any atom is -0.491 e. The van der Waals surface area contributed by atoms with E-state index in [0.717, 1.165) is 27.9 Å². The fourth-order valence-corrected chi connectivity index (χ4v) is 2.94. The van der Waals surface area contributed by atoms with Gasteiger partial charge in [-0.2, -0.15) is 0 Å². The van der Waals surface area contributed by atoms with Gasteiger partial charge < -0.3 is 9.47 Å². The summed E-state index contributed by atoms with van der Waals surface area (Å²) in [6, 6.07) is 18.1. The highest BCUT2D eigenvalue weighted by Gasteiger charge is 2.10. The monoisotopic (exact) mass is 373 g/mol. The summed E-state index contributed by atoms with van der Waals surface area (Å²) in [4.78, 5) is 4.22. The smallest absolute Gasteiger partial charge is 0.180 e. The van der Waals surface area contributed by atoms with Gasteiger partial charge in [0.25, 0.3) is 0 Å². The summed E-state index contributed by atoms with van der Waals surface area (Å²) in [5.74, 6) is 1.95. The highest BCUT2D eigenvalue weighted by Crippen LogP contribution is 2.30. The van der Waals surface area contributed by atoms with E-state index in [9.17, 15) is 0 Å². The van der Waals surface area contributed by atoms with Crippen molar-refractivity contribution in [3.8, 4) is 34.0 Å². The maximum atomic E-state index is 5.93. The average Bonchev–Trinajstić information content (AvgIpc) is 3.27. The number of nitrogens with one attached hydrogen (secondary N) is 1. The van der Waals surface area contributed by atoms with Gasteiger partial charge in [-0.1, -0.05) is 48.5 Å². The van der Waals surface area contributed by atoms with E-state index in [0.29, 0.717) is 23.9 Å². The van der Waals surface area contributed by atoms with E-state index in [4.69, 9.17) is 9.47 Å². The van der Waals surface area contributed by atoms with Crippen LogP contribution >= 0.6 is 0 Å². The lowest BCUT2D eigenvalue weighted by atomic mass is 9.98. The number of methoxy groups -OCH3 is 1. The van der Waals surface area contributed by atoms with Gasteiger partial charge in [-0.15, -0.1) is 5.10 Å². The Balaban J connectivity index is 1.54. The standard InChI is InChI=1S/C21H19N5O2/c1-14-11-19(20(27-2)12-22-14)28-13-15-7-9-16(10-8-15)17-5-3-4-6-18(17)21-23-25-26-24-21/h3-12H,13H2,1-2H3,(H,23,24,25,26). The van der Waals surface area contributed by atoms with Crippen LogP contribution in [0.3, 0.4) is 0 Å². The molecule has 0 aliphatic carbocycles. The number of aryl methyl sites for hydroxylation is 1. The van der Waals surface area contributed by atoms with E-state index in [2.05, 4.69) is 37.7 Å². The van der Waals surface area contributed by atoms with Crippen LogP contribution in [0, 0.1) is 6.92 Å². The Morgan fingerprint density at radius 3 is 2.46 bits per heavy atom. The third kappa shape index (κ3) is 3.68. The highest BCUT2D eigenvalue weighted by atomic mass is 16.5. The Hall–Kier alpha value is -3.74. The van der Waals surface area contributed by atoms with Gasteiger partial charge in [0.2, 0.25) is 0 Å². The molecule has 0 atom stereocenters.